The van der Waals surface area contributed by atoms with Crippen LogP contribution in [0.1, 0.15) is 27.2 Å². The molecule has 0 radical (unpaired) electrons. The molecule has 19 heavy (non-hydrogen) atoms. The fraction of sp³-hybridized carbons (Fsp3) is 0.231. The number of amides is 1. The Balaban J connectivity index is 1.68. The number of fused-ring (bicyclic) bond motifs is 1. The van der Waals surface area contributed by atoms with Gasteiger partial charge in [0.05, 0.1) is 6.54 Å². The van der Waals surface area contributed by atoms with Gasteiger partial charge in [0.15, 0.2) is 0 Å². The summed E-state index contributed by atoms with van der Waals surface area (Å²) in [6, 6.07) is 5.73. The summed E-state index contributed by atoms with van der Waals surface area (Å²) in [5.74, 6) is -0.123. The zero-order chi connectivity index (χ0) is 13.2. The van der Waals surface area contributed by atoms with Crippen molar-refractivity contribution in [2.75, 3.05) is 0 Å². The van der Waals surface area contributed by atoms with Crippen LogP contribution in [0, 0.1) is 0 Å². The second-order valence-corrected chi connectivity index (χ2v) is 5.29. The average molecular weight is 275 g/mol. The summed E-state index contributed by atoms with van der Waals surface area (Å²) in [5.41, 5.74) is 3.81. The monoisotopic (exact) mass is 275 g/mol. The van der Waals surface area contributed by atoms with E-state index in [9.17, 15) is 9.59 Å². The minimum Gasteiger partial charge on any atom is -0.346 e. The average Bonchev–Trinajstić information content (AvgIpc) is 3.03. The summed E-state index contributed by atoms with van der Waals surface area (Å²) in [6.45, 7) is 2.02. The molecule has 0 saturated heterocycles. The van der Waals surface area contributed by atoms with E-state index in [-0.39, 0.29) is 10.8 Å². The summed E-state index contributed by atoms with van der Waals surface area (Å²) in [5, 5.41) is 7.76. The standard InChI is InChI=1S/C13H13N3O2S/c17-12(15-6-11-7-19-13(18)16-11)8-1-2-9-4-14-5-10(9)3-8/h1-3,7,14H,4-6H2,(H,15,17)(H,16,18). The Morgan fingerprint density at radius 2 is 2.16 bits per heavy atom. The van der Waals surface area contributed by atoms with Gasteiger partial charge in [0.25, 0.3) is 5.91 Å². The Morgan fingerprint density at radius 1 is 1.32 bits per heavy atom. The Bertz CT molecular complexity index is 675. The topological polar surface area (TPSA) is 74.0 Å². The van der Waals surface area contributed by atoms with E-state index in [4.69, 9.17) is 0 Å². The highest BCUT2D eigenvalue weighted by Crippen LogP contribution is 2.17. The van der Waals surface area contributed by atoms with Gasteiger partial charge in [-0.2, -0.15) is 0 Å². The lowest BCUT2D eigenvalue weighted by atomic mass is 10.1. The van der Waals surface area contributed by atoms with E-state index in [2.05, 4.69) is 15.6 Å². The number of carbonyl (C=O) groups excluding carboxylic acids is 1. The van der Waals surface area contributed by atoms with E-state index in [0.29, 0.717) is 12.1 Å². The number of rotatable bonds is 3. The lowest BCUT2D eigenvalue weighted by molar-refractivity contribution is 0.0950. The largest absolute Gasteiger partial charge is 0.346 e. The van der Waals surface area contributed by atoms with Crippen molar-refractivity contribution in [2.24, 2.45) is 0 Å². The van der Waals surface area contributed by atoms with Crippen LogP contribution in [0.2, 0.25) is 0 Å². The molecule has 1 aliphatic heterocycles. The van der Waals surface area contributed by atoms with Gasteiger partial charge in [0, 0.05) is 29.7 Å². The van der Waals surface area contributed by atoms with E-state index in [1.54, 1.807) is 5.38 Å². The molecule has 3 N–H and O–H groups in total. The van der Waals surface area contributed by atoms with Crippen molar-refractivity contribution in [1.29, 1.82) is 0 Å². The summed E-state index contributed by atoms with van der Waals surface area (Å²) in [4.78, 5) is 25.5. The van der Waals surface area contributed by atoms with Crippen LogP contribution in [0.5, 0.6) is 0 Å². The van der Waals surface area contributed by atoms with Gasteiger partial charge in [0.1, 0.15) is 0 Å². The molecule has 3 rings (SSSR count). The number of aromatic amines is 1. The SMILES string of the molecule is O=C(NCc1csc(=O)[nH]1)c1ccc2c(c1)CNC2. The molecule has 1 amide bonds. The first-order valence-electron chi connectivity index (χ1n) is 6.00. The van der Waals surface area contributed by atoms with Crippen molar-refractivity contribution in [3.63, 3.8) is 0 Å². The highest BCUT2D eigenvalue weighted by molar-refractivity contribution is 7.07. The number of benzene rings is 1. The second kappa shape index (κ2) is 4.99. The van der Waals surface area contributed by atoms with Gasteiger partial charge >= 0.3 is 4.87 Å². The molecule has 1 aromatic carbocycles. The van der Waals surface area contributed by atoms with Crippen LogP contribution in [-0.2, 0) is 19.6 Å². The molecule has 1 aromatic heterocycles. The molecule has 0 spiro atoms. The first-order valence-corrected chi connectivity index (χ1v) is 6.88. The van der Waals surface area contributed by atoms with Crippen molar-refractivity contribution < 1.29 is 4.79 Å². The van der Waals surface area contributed by atoms with Gasteiger partial charge < -0.3 is 15.6 Å². The van der Waals surface area contributed by atoms with Gasteiger partial charge in [-0.15, -0.1) is 0 Å². The Kier molecular flexibility index (Phi) is 3.18. The van der Waals surface area contributed by atoms with Crippen molar-refractivity contribution >= 4 is 17.2 Å². The highest BCUT2D eigenvalue weighted by Gasteiger charge is 2.13. The minimum atomic E-state index is -0.123. The number of thiazole rings is 1. The minimum absolute atomic E-state index is 0.104. The molecule has 0 atom stereocenters. The van der Waals surface area contributed by atoms with Crippen LogP contribution in [0.25, 0.3) is 0 Å². The van der Waals surface area contributed by atoms with Crippen LogP contribution in [0.15, 0.2) is 28.4 Å². The van der Waals surface area contributed by atoms with E-state index in [1.807, 2.05) is 18.2 Å². The number of aromatic nitrogens is 1. The molecule has 0 fully saturated rings. The van der Waals surface area contributed by atoms with E-state index in [0.717, 1.165) is 30.1 Å². The van der Waals surface area contributed by atoms with Gasteiger partial charge in [-0.1, -0.05) is 17.4 Å². The predicted octanol–water partition coefficient (Wildman–Crippen LogP) is 0.970. The lowest BCUT2D eigenvalue weighted by Gasteiger charge is -2.05. The van der Waals surface area contributed by atoms with Crippen LogP contribution >= 0.6 is 11.3 Å². The summed E-state index contributed by atoms with van der Waals surface area (Å²) in [7, 11) is 0. The molecule has 98 valence electrons. The number of carbonyl (C=O) groups is 1. The first-order chi connectivity index (χ1) is 9.22. The van der Waals surface area contributed by atoms with Gasteiger partial charge in [-0.3, -0.25) is 9.59 Å². The fourth-order valence-corrected chi connectivity index (χ4v) is 2.70. The van der Waals surface area contributed by atoms with Crippen LogP contribution < -0.4 is 15.5 Å². The predicted molar refractivity (Wildman–Crippen MR) is 73.1 cm³/mol. The summed E-state index contributed by atoms with van der Waals surface area (Å²) < 4.78 is 0. The maximum Gasteiger partial charge on any atom is 0.304 e. The zero-order valence-electron chi connectivity index (χ0n) is 10.2. The lowest BCUT2D eigenvalue weighted by Crippen LogP contribution is -2.23. The Labute approximate surface area is 113 Å². The molecule has 2 heterocycles. The number of nitrogens with one attached hydrogen (secondary N) is 3. The second-order valence-electron chi connectivity index (χ2n) is 4.44. The molecular weight excluding hydrogens is 262 g/mol. The molecule has 0 saturated carbocycles. The summed E-state index contributed by atoms with van der Waals surface area (Å²) >= 11 is 1.10. The quantitative estimate of drug-likeness (QED) is 0.781. The highest BCUT2D eigenvalue weighted by atomic mass is 32.1. The van der Waals surface area contributed by atoms with Gasteiger partial charge in [-0.25, -0.2) is 0 Å². The molecule has 0 aliphatic carbocycles. The van der Waals surface area contributed by atoms with E-state index < -0.39 is 0 Å². The molecule has 5 nitrogen and oxygen atoms in total. The van der Waals surface area contributed by atoms with E-state index in [1.165, 1.54) is 11.1 Å². The molecule has 0 bridgehead atoms. The normalized spacial score (nSPS) is 13.3. The molecule has 2 aromatic rings. The molecular formula is C13H13N3O2S. The van der Waals surface area contributed by atoms with Crippen LogP contribution in [-0.4, -0.2) is 10.9 Å². The first kappa shape index (κ1) is 12.1. The maximum absolute atomic E-state index is 12.0. The van der Waals surface area contributed by atoms with Crippen molar-refractivity contribution in [1.82, 2.24) is 15.6 Å². The van der Waals surface area contributed by atoms with Gasteiger partial charge in [-0.05, 0) is 23.3 Å². The Hall–Kier alpha value is -1.92. The Morgan fingerprint density at radius 3 is 2.95 bits per heavy atom. The molecule has 1 aliphatic rings. The maximum atomic E-state index is 12.0. The van der Waals surface area contributed by atoms with Crippen molar-refractivity contribution in [2.45, 2.75) is 19.6 Å². The molecule has 6 heteroatoms. The van der Waals surface area contributed by atoms with Crippen LogP contribution in [0.3, 0.4) is 0 Å². The van der Waals surface area contributed by atoms with Crippen molar-refractivity contribution in [3.8, 4) is 0 Å². The smallest absolute Gasteiger partial charge is 0.304 e. The number of H-pyrrole nitrogens is 1. The van der Waals surface area contributed by atoms with E-state index >= 15 is 0 Å². The third-order valence-electron chi connectivity index (χ3n) is 3.11. The zero-order valence-corrected chi connectivity index (χ0v) is 11.0. The van der Waals surface area contributed by atoms with Crippen LogP contribution in [0.4, 0.5) is 0 Å². The summed E-state index contributed by atoms with van der Waals surface area (Å²) in [6.07, 6.45) is 0. The van der Waals surface area contributed by atoms with Gasteiger partial charge in [0.2, 0.25) is 0 Å². The number of hydrogen-bond acceptors (Lipinski definition) is 4. The third kappa shape index (κ3) is 2.59. The third-order valence-corrected chi connectivity index (χ3v) is 3.83. The van der Waals surface area contributed by atoms with Crippen molar-refractivity contribution in [3.05, 3.63) is 55.6 Å². The number of hydrogen-bond donors (Lipinski definition) is 3. The fourth-order valence-electron chi connectivity index (χ4n) is 2.11. The molecule has 0 unspecified atom stereocenters.